The van der Waals surface area contributed by atoms with Crippen molar-refractivity contribution >= 4 is 6.41 Å². The van der Waals surface area contributed by atoms with Gasteiger partial charge in [-0.3, -0.25) is 4.79 Å². The van der Waals surface area contributed by atoms with Crippen LogP contribution in [0.2, 0.25) is 0 Å². The number of nitrogens with one attached hydrogen (secondary N) is 1. The number of aliphatic hydroxyl groups is 1. The first-order valence-corrected chi connectivity index (χ1v) is 6.52. The second-order valence-electron chi connectivity index (χ2n) is 5.53. The van der Waals surface area contributed by atoms with Crippen LogP contribution in [-0.4, -0.2) is 29.4 Å². The number of ether oxygens (including phenoxy) is 1. The maximum atomic E-state index is 10.6. The number of carbonyl (C=O) groups excluding carboxylic acids is 1. The molecular weight excluding hydrogens is 242 g/mol. The van der Waals surface area contributed by atoms with Gasteiger partial charge in [0.15, 0.2) is 6.23 Å². The molecule has 4 nitrogen and oxygen atoms in total. The average Bonchev–Trinajstić information content (AvgIpc) is 2.35. The van der Waals surface area contributed by atoms with Crippen LogP contribution in [0, 0.1) is 0 Å². The van der Waals surface area contributed by atoms with Crippen molar-refractivity contribution in [1.29, 1.82) is 0 Å². The van der Waals surface area contributed by atoms with Crippen molar-refractivity contribution < 1.29 is 14.6 Å². The van der Waals surface area contributed by atoms with Crippen molar-refractivity contribution in [2.75, 3.05) is 0 Å². The Hall–Kier alpha value is -1.39. The maximum Gasteiger partial charge on any atom is 0.209 e. The molecule has 0 saturated carbocycles. The van der Waals surface area contributed by atoms with Crippen LogP contribution in [0.1, 0.15) is 32.8 Å². The van der Waals surface area contributed by atoms with Gasteiger partial charge in [-0.2, -0.15) is 0 Å². The van der Waals surface area contributed by atoms with Crippen LogP contribution in [0.3, 0.4) is 0 Å². The Morgan fingerprint density at radius 2 is 1.95 bits per heavy atom. The van der Waals surface area contributed by atoms with Crippen molar-refractivity contribution in [3.63, 3.8) is 0 Å². The number of carbonyl (C=O) groups is 1. The van der Waals surface area contributed by atoms with Gasteiger partial charge in [-0.15, -0.1) is 0 Å². The Labute approximate surface area is 114 Å². The van der Waals surface area contributed by atoms with Crippen LogP contribution in [0.25, 0.3) is 0 Å². The molecule has 2 atom stereocenters. The number of rotatable bonds is 7. The lowest BCUT2D eigenvalue weighted by Gasteiger charge is -2.30. The third-order valence-corrected chi connectivity index (χ3v) is 2.63. The molecule has 0 bridgehead atoms. The predicted octanol–water partition coefficient (Wildman–Crippen LogP) is 1.87. The molecule has 0 fully saturated rings. The molecule has 106 valence electrons. The Morgan fingerprint density at radius 3 is 2.47 bits per heavy atom. The lowest BCUT2D eigenvalue weighted by Crippen LogP contribution is -2.45. The first-order chi connectivity index (χ1) is 8.92. The SMILES string of the molecule is CC(C)(C)OC(NC=O)C(O)CCc1ccccc1. The number of hydrogen-bond acceptors (Lipinski definition) is 3. The first kappa shape index (κ1) is 15.7. The molecule has 0 aliphatic carbocycles. The molecule has 4 heteroatoms. The van der Waals surface area contributed by atoms with Gasteiger partial charge in [-0.05, 0) is 39.2 Å². The molecule has 1 amide bonds. The van der Waals surface area contributed by atoms with Gasteiger partial charge < -0.3 is 15.2 Å². The minimum atomic E-state index is -0.732. The minimum Gasteiger partial charge on any atom is -0.388 e. The van der Waals surface area contributed by atoms with Crippen LogP contribution >= 0.6 is 0 Å². The molecule has 1 rings (SSSR count). The van der Waals surface area contributed by atoms with Crippen molar-refractivity contribution in [2.45, 2.75) is 51.5 Å². The molecular formula is C15H23NO3. The van der Waals surface area contributed by atoms with Crippen LogP contribution < -0.4 is 5.32 Å². The van der Waals surface area contributed by atoms with Gasteiger partial charge in [-0.25, -0.2) is 0 Å². The number of aryl methyl sites for hydroxylation is 1. The fourth-order valence-electron chi connectivity index (χ4n) is 1.78. The summed E-state index contributed by atoms with van der Waals surface area (Å²) in [5.41, 5.74) is 0.733. The smallest absolute Gasteiger partial charge is 0.209 e. The highest BCUT2D eigenvalue weighted by atomic mass is 16.5. The molecule has 0 aliphatic rings. The van der Waals surface area contributed by atoms with Crippen LogP contribution in [0.15, 0.2) is 30.3 Å². The Kier molecular flexibility index (Phi) is 5.99. The van der Waals surface area contributed by atoms with E-state index in [0.717, 1.165) is 12.0 Å². The van der Waals surface area contributed by atoms with Crippen LogP contribution in [-0.2, 0) is 16.0 Å². The Balaban J connectivity index is 2.52. The van der Waals surface area contributed by atoms with Crippen LogP contribution in [0.4, 0.5) is 0 Å². The topological polar surface area (TPSA) is 58.6 Å². The molecule has 2 N–H and O–H groups in total. The highest BCUT2D eigenvalue weighted by Crippen LogP contribution is 2.14. The summed E-state index contributed by atoms with van der Waals surface area (Å²) in [6.45, 7) is 5.66. The van der Waals surface area contributed by atoms with Crippen molar-refractivity contribution in [3.8, 4) is 0 Å². The van der Waals surface area contributed by atoms with Gasteiger partial charge in [0.05, 0.1) is 11.7 Å². The van der Waals surface area contributed by atoms with E-state index in [1.165, 1.54) is 0 Å². The fourth-order valence-corrected chi connectivity index (χ4v) is 1.78. The van der Waals surface area contributed by atoms with Crippen LogP contribution in [0.5, 0.6) is 0 Å². The molecule has 0 saturated heterocycles. The number of amides is 1. The van der Waals surface area contributed by atoms with E-state index in [4.69, 9.17) is 4.74 Å². The normalized spacial score (nSPS) is 14.7. The summed E-state index contributed by atoms with van der Waals surface area (Å²) in [6, 6.07) is 9.92. The monoisotopic (exact) mass is 265 g/mol. The molecule has 1 aromatic rings. The quantitative estimate of drug-likeness (QED) is 0.584. The maximum absolute atomic E-state index is 10.6. The molecule has 2 unspecified atom stereocenters. The molecule has 0 aliphatic heterocycles. The summed E-state index contributed by atoms with van der Waals surface area (Å²) in [7, 11) is 0. The zero-order valence-corrected chi connectivity index (χ0v) is 11.8. The second-order valence-corrected chi connectivity index (χ2v) is 5.53. The standard InChI is InChI=1S/C15H23NO3/c1-15(2,3)19-14(16-11-17)13(18)10-9-12-7-5-4-6-8-12/h4-8,11,13-14,18H,9-10H2,1-3H3,(H,16,17). The van der Waals surface area contributed by atoms with Gasteiger partial charge in [0.2, 0.25) is 6.41 Å². The summed E-state index contributed by atoms with van der Waals surface area (Å²) >= 11 is 0. The molecule has 0 spiro atoms. The van der Waals surface area contributed by atoms with Crippen molar-refractivity contribution in [1.82, 2.24) is 5.32 Å². The lowest BCUT2D eigenvalue weighted by molar-refractivity contribution is -0.138. The van der Waals surface area contributed by atoms with Crippen molar-refractivity contribution in [3.05, 3.63) is 35.9 Å². The van der Waals surface area contributed by atoms with Gasteiger partial charge in [-0.1, -0.05) is 30.3 Å². The Morgan fingerprint density at radius 1 is 1.32 bits per heavy atom. The summed E-state index contributed by atoms with van der Waals surface area (Å²) in [5, 5.41) is 12.6. The number of benzene rings is 1. The zero-order valence-electron chi connectivity index (χ0n) is 11.8. The molecule has 1 aromatic carbocycles. The van der Waals surface area contributed by atoms with E-state index < -0.39 is 17.9 Å². The summed E-state index contributed by atoms with van der Waals surface area (Å²) in [5.74, 6) is 0. The summed E-state index contributed by atoms with van der Waals surface area (Å²) in [4.78, 5) is 10.6. The zero-order chi connectivity index (χ0) is 14.3. The summed E-state index contributed by atoms with van der Waals surface area (Å²) in [6.07, 6.45) is 0.422. The van der Waals surface area contributed by atoms with Gasteiger partial charge >= 0.3 is 0 Å². The van der Waals surface area contributed by atoms with E-state index in [-0.39, 0.29) is 0 Å². The fraction of sp³-hybridized carbons (Fsp3) is 0.533. The van der Waals surface area contributed by atoms with Gasteiger partial charge in [0.25, 0.3) is 0 Å². The van der Waals surface area contributed by atoms with E-state index in [1.54, 1.807) is 0 Å². The number of hydrogen-bond donors (Lipinski definition) is 2. The van der Waals surface area contributed by atoms with E-state index in [1.807, 2.05) is 51.1 Å². The predicted molar refractivity (Wildman–Crippen MR) is 74.6 cm³/mol. The molecule has 0 heterocycles. The third-order valence-electron chi connectivity index (χ3n) is 2.63. The second kappa shape index (κ2) is 7.26. The molecule has 0 radical (unpaired) electrons. The van der Waals surface area contributed by atoms with Crippen molar-refractivity contribution in [2.24, 2.45) is 0 Å². The van der Waals surface area contributed by atoms with E-state index in [0.29, 0.717) is 12.8 Å². The van der Waals surface area contributed by atoms with Gasteiger partial charge in [0, 0.05) is 0 Å². The largest absolute Gasteiger partial charge is 0.388 e. The highest BCUT2D eigenvalue weighted by Gasteiger charge is 2.24. The first-order valence-electron chi connectivity index (χ1n) is 6.52. The molecule has 19 heavy (non-hydrogen) atoms. The van der Waals surface area contributed by atoms with E-state index in [9.17, 15) is 9.90 Å². The van der Waals surface area contributed by atoms with E-state index in [2.05, 4.69) is 5.32 Å². The molecule has 0 aromatic heterocycles. The van der Waals surface area contributed by atoms with Gasteiger partial charge in [0.1, 0.15) is 0 Å². The highest BCUT2D eigenvalue weighted by molar-refractivity contribution is 5.46. The minimum absolute atomic E-state index is 0.422. The lowest BCUT2D eigenvalue weighted by atomic mass is 10.1. The third kappa shape index (κ3) is 6.36. The average molecular weight is 265 g/mol. The number of aliphatic hydroxyl groups excluding tert-OH is 1. The van der Waals surface area contributed by atoms with E-state index >= 15 is 0 Å². The summed E-state index contributed by atoms with van der Waals surface area (Å²) < 4.78 is 5.64. The Bertz CT molecular complexity index is 373.